The lowest BCUT2D eigenvalue weighted by Gasteiger charge is -2.27. The minimum Gasteiger partial charge on any atom is -0.489 e. The maximum atomic E-state index is 6.07. The maximum Gasteiger partial charge on any atom is 0.161 e. The van der Waals surface area contributed by atoms with Crippen LogP contribution in [0, 0.1) is 12.3 Å². The third kappa shape index (κ3) is 2.95. The van der Waals surface area contributed by atoms with E-state index in [0.29, 0.717) is 5.41 Å². The molecule has 0 amide bonds. The molecular formula is C18H26N2O2. The van der Waals surface area contributed by atoms with Crippen molar-refractivity contribution in [3.63, 3.8) is 0 Å². The molecule has 2 aliphatic heterocycles. The smallest absolute Gasteiger partial charge is 0.161 e. The number of nitrogens with one attached hydrogen (secondary N) is 1. The van der Waals surface area contributed by atoms with E-state index in [-0.39, 0.29) is 0 Å². The van der Waals surface area contributed by atoms with Crippen LogP contribution >= 0.6 is 0 Å². The fraction of sp³-hybridized carbons (Fsp3) is 0.667. The summed E-state index contributed by atoms with van der Waals surface area (Å²) in [6, 6.07) is 4.39. The zero-order valence-electron chi connectivity index (χ0n) is 13.5. The lowest BCUT2D eigenvalue weighted by molar-refractivity contribution is 0.197. The van der Waals surface area contributed by atoms with Crippen molar-refractivity contribution in [3.05, 3.63) is 23.3 Å². The van der Waals surface area contributed by atoms with Gasteiger partial charge in [-0.2, -0.15) is 0 Å². The van der Waals surface area contributed by atoms with Gasteiger partial charge in [-0.25, -0.2) is 0 Å². The van der Waals surface area contributed by atoms with E-state index >= 15 is 0 Å². The fourth-order valence-corrected chi connectivity index (χ4v) is 3.38. The van der Waals surface area contributed by atoms with E-state index < -0.39 is 0 Å². The number of hydrogen-bond acceptors (Lipinski definition) is 4. The average Bonchev–Trinajstić information content (AvgIpc) is 3.34. The van der Waals surface area contributed by atoms with Crippen LogP contribution < -0.4 is 14.8 Å². The Hall–Kier alpha value is -1.26. The number of benzene rings is 1. The molecule has 0 bridgehead atoms. The Morgan fingerprint density at radius 2 is 1.77 bits per heavy atom. The molecule has 22 heavy (non-hydrogen) atoms. The van der Waals surface area contributed by atoms with Gasteiger partial charge in [-0.15, -0.1) is 0 Å². The number of aryl methyl sites for hydroxylation is 1. The van der Waals surface area contributed by atoms with Gasteiger partial charge in [0, 0.05) is 38.1 Å². The molecule has 1 spiro atoms. The molecule has 1 aromatic carbocycles. The summed E-state index contributed by atoms with van der Waals surface area (Å²) >= 11 is 0. The first-order valence-corrected chi connectivity index (χ1v) is 8.56. The molecule has 4 rings (SSSR count). The van der Waals surface area contributed by atoms with Crippen molar-refractivity contribution in [2.75, 3.05) is 45.9 Å². The molecule has 1 N–H and O–H groups in total. The second-order valence-electron chi connectivity index (χ2n) is 7.14. The highest BCUT2D eigenvalue weighted by atomic mass is 16.5. The predicted molar refractivity (Wildman–Crippen MR) is 86.8 cm³/mol. The van der Waals surface area contributed by atoms with E-state index in [0.717, 1.165) is 63.9 Å². The molecule has 0 radical (unpaired) electrons. The number of hydrogen-bond donors (Lipinski definition) is 1. The highest BCUT2D eigenvalue weighted by molar-refractivity contribution is 5.47. The van der Waals surface area contributed by atoms with Crippen LogP contribution in [0.25, 0.3) is 0 Å². The van der Waals surface area contributed by atoms with Gasteiger partial charge < -0.3 is 19.7 Å². The molecule has 2 fully saturated rings. The molecule has 4 nitrogen and oxygen atoms in total. The molecule has 3 aliphatic rings. The Kier molecular flexibility index (Phi) is 3.74. The van der Waals surface area contributed by atoms with Crippen molar-refractivity contribution >= 4 is 0 Å². The van der Waals surface area contributed by atoms with Crippen molar-refractivity contribution in [1.29, 1.82) is 0 Å². The first kappa shape index (κ1) is 14.3. The quantitative estimate of drug-likeness (QED) is 0.926. The van der Waals surface area contributed by atoms with Crippen LogP contribution in [0.15, 0.2) is 12.1 Å². The van der Waals surface area contributed by atoms with E-state index in [4.69, 9.17) is 9.47 Å². The molecule has 1 saturated heterocycles. The fourth-order valence-electron chi connectivity index (χ4n) is 3.38. The topological polar surface area (TPSA) is 33.7 Å². The molecule has 1 saturated carbocycles. The predicted octanol–water partition coefficient (Wildman–Crippen LogP) is 1.99. The number of rotatable bonds is 3. The molecule has 4 heteroatoms. The van der Waals surface area contributed by atoms with Crippen molar-refractivity contribution in [3.8, 4) is 11.5 Å². The van der Waals surface area contributed by atoms with E-state index in [9.17, 15) is 0 Å². The lowest BCUT2D eigenvalue weighted by atomic mass is 10.0. The Morgan fingerprint density at radius 1 is 1.09 bits per heavy atom. The molecule has 1 aromatic rings. The van der Waals surface area contributed by atoms with Crippen molar-refractivity contribution in [1.82, 2.24) is 10.2 Å². The number of nitrogens with zero attached hydrogens (tertiary/aromatic N) is 1. The minimum atomic E-state index is 0.313. The number of ether oxygens (including phenoxy) is 2. The van der Waals surface area contributed by atoms with Gasteiger partial charge in [0.25, 0.3) is 0 Å². The Morgan fingerprint density at radius 3 is 2.45 bits per heavy atom. The summed E-state index contributed by atoms with van der Waals surface area (Å²) in [5.41, 5.74) is 3.03. The highest BCUT2D eigenvalue weighted by Gasteiger charge is 2.46. The Labute approximate surface area is 132 Å². The molecule has 0 atom stereocenters. The minimum absolute atomic E-state index is 0.313. The summed E-state index contributed by atoms with van der Waals surface area (Å²) in [7, 11) is 0. The molecule has 2 heterocycles. The third-order valence-electron chi connectivity index (χ3n) is 5.33. The van der Waals surface area contributed by atoms with E-state index in [2.05, 4.69) is 29.3 Å². The van der Waals surface area contributed by atoms with Crippen molar-refractivity contribution in [2.45, 2.75) is 26.2 Å². The van der Waals surface area contributed by atoms with Gasteiger partial charge in [-0.3, -0.25) is 0 Å². The second kappa shape index (κ2) is 5.74. The van der Waals surface area contributed by atoms with Crippen molar-refractivity contribution in [2.24, 2.45) is 5.41 Å². The summed E-state index contributed by atoms with van der Waals surface area (Å²) in [6.45, 7) is 9.50. The zero-order valence-corrected chi connectivity index (χ0v) is 13.5. The van der Waals surface area contributed by atoms with Gasteiger partial charge in [-0.1, -0.05) is 0 Å². The average molecular weight is 302 g/mol. The lowest BCUT2D eigenvalue weighted by Crippen LogP contribution is -2.44. The van der Waals surface area contributed by atoms with Crippen LogP contribution in [0.2, 0.25) is 0 Å². The summed E-state index contributed by atoms with van der Waals surface area (Å²) < 4.78 is 12.1. The van der Waals surface area contributed by atoms with E-state index in [1.807, 2.05) is 0 Å². The monoisotopic (exact) mass is 302 g/mol. The van der Waals surface area contributed by atoms with E-state index in [1.54, 1.807) is 0 Å². The standard InChI is InChI=1S/C18H26N2O2/c1-14-10-16-17(22-13-18(3-4-18)12-21-16)11-15(14)2-7-20-8-5-19-6-9-20/h10-11,19H,2-9,12-13H2,1H3. The second-order valence-corrected chi connectivity index (χ2v) is 7.14. The molecule has 120 valence electrons. The molecule has 0 aromatic heterocycles. The normalized spacial score (nSPS) is 23.3. The first-order valence-electron chi connectivity index (χ1n) is 8.56. The van der Waals surface area contributed by atoms with Gasteiger partial charge in [-0.05, 0) is 49.4 Å². The number of piperazine rings is 1. The van der Waals surface area contributed by atoms with Gasteiger partial charge in [0.2, 0.25) is 0 Å². The first-order chi connectivity index (χ1) is 10.7. The molecule has 1 aliphatic carbocycles. The van der Waals surface area contributed by atoms with Crippen LogP contribution in [0.5, 0.6) is 11.5 Å². The zero-order chi connectivity index (χ0) is 15.0. The summed E-state index contributed by atoms with van der Waals surface area (Å²) in [5.74, 6) is 1.89. The van der Waals surface area contributed by atoms with E-state index in [1.165, 1.54) is 24.0 Å². The van der Waals surface area contributed by atoms with Crippen LogP contribution in [0.3, 0.4) is 0 Å². The molecular weight excluding hydrogens is 276 g/mol. The van der Waals surface area contributed by atoms with Crippen LogP contribution in [-0.4, -0.2) is 50.8 Å². The number of fused-ring (bicyclic) bond motifs is 1. The van der Waals surface area contributed by atoms with Gasteiger partial charge >= 0.3 is 0 Å². The summed E-state index contributed by atoms with van der Waals surface area (Å²) in [5, 5.41) is 3.41. The van der Waals surface area contributed by atoms with Gasteiger partial charge in [0.05, 0.1) is 13.2 Å². The van der Waals surface area contributed by atoms with Crippen LogP contribution in [0.1, 0.15) is 24.0 Å². The third-order valence-corrected chi connectivity index (χ3v) is 5.33. The molecule has 0 unspecified atom stereocenters. The Bertz CT molecular complexity index is 548. The van der Waals surface area contributed by atoms with Gasteiger partial charge in [0.1, 0.15) is 0 Å². The highest BCUT2D eigenvalue weighted by Crippen LogP contribution is 2.49. The van der Waals surface area contributed by atoms with Crippen molar-refractivity contribution < 1.29 is 9.47 Å². The Balaban J connectivity index is 1.45. The SMILES string of the molecule is Cc1cc2c(cc1CCN1CCNCC1)OCC1(CC1)CO2. The summed E-state index contributed by atoms with van der Waals surface area (Å²) in [6.07, 6.45) is 3.58. The maximum absolute atomic E-state index is 6.07. The van der Waals surface area contributed by atoms with Gasteiger partial charge in [0.15, 0.2) is 11.5 Å². The largest absolute Gasteiger partial charge is 0.489 e. The van der Waals surface area contributed by atoms with Crippen LogP contribution in [0.4, 0.5) is 0 Å². The summed E-state index contributed by atoms with van der Waals surface area (Å²) in [4.78, 5) is 2.54. The van der Waals surface area contributed by atoms with Crippen LogP contribution in [-0.2, 0) is 6.42 Å².